The summed E-state index contributed by atoms with van der Waals surface area (Å²) >= 11 is 0. The zero-order chi connectivity index (χ0) is 16.3. The Morgan fingerprint density at radius 3 is 2.32 bits per heavy atom. The van der Waals surface area contributed by atoms with E-state index in [1.54, 1.807) is 6.92 Å². The maximum absolute atomic E-state index is 14.0. The third kappa shape index (κ3) is 2.35. The molecule has 0 aromatic heterocycles. The van der Waals surface area contributed by atoms with Crippen molar-refractivity contribution in [2.24, 2.45) is 0 Å². The molecule has 0 spiro atoms. The third-order valence-corrected chi connectivity index (χ3v) is 5.31. The Kier molecular flexibility index (Phi) is 3.39. The summed E-state index contributed by atoms with van der Waals surface area (Å²) in [6.45, 7) is 9.93. The maximum Gasteiger partial charge on any atom is 0.461 e. The molecule has 5 heteroatoms. The highest BCUT2D eigenvalue weighted by Crippen LogP contribution is 2.58. The molecule has 0 amide bonds. The standard InChI is InChI=1S/C17H21BFNO2/c1-10-6-11(7-15(19)13(10)9-20)12-8-14(12)18-21-16(2,3)17(4,5)22-18/h6-7,12,14H,8H2,1-5H3/t12-,14+/m1/s1. The van der Waals surface area contributed by atoms with Gasteiger partial charge < -0.3 is 9.31 Å². The van der Waals surface area contributed by atoms with Gasteiger partial charge in [-0.15, -0.1) is 0 Å². The van der Waals surface area contributed by atoms with Gasteiger partial charge in [-0.25, -0.2) is 4.39 Å². The predicted molar refractivity (Wildman–Crippen MR) is 83.0 cm³/mol. The van der Waals surface area contributed by atoms with Gasteiger partial charge in [0.05, 0.1) is 16.8 Å². The molecule has 3 nitrogen and oxygen atoms in total. The summed E-state index contributed by atoms with van der Waals surface area (Å²) in [6.07, 6.45) is 0.932. The second-order valence-electron chi connectivity index (χ2n) is 7.44. The normalized spacial score (nSPS) is 28.5. The van der Waals surface area contributed by atoms with E-state index in [9.17, 15) is 4.39 Å². The highest BCUT2D eigenvalue weighted by atomic mass is 19.1. The minimum atomic E-state index is -0.433. The summed E-state index contributed by atoms with van der Waals surface area (Å²) in [7, 11) is -0.242. The molecular weight excluding hydrogens is 280 g/mol. The van der Waals surface area contributed by atoms with Gasteiger partial charge in [-0.2, -0.15) is 5.26 Å². The van der Waals surface area contributed by atoms with Gasteiger partial charge in [-0.3, -0.25) is 0 Å². The van der Waals surface area contributed by atoms with Crippen LogP contribution in [0.1, 0.15) is 56.7 Å². The Labute approximate surface area is 131 Å². The smallest absolute Gasteiger partial charge is 0.403 e. The van der Waals surface area contributed by atoms with Crippen LogP contribution in [0.25, 0.3) is 0 Å². The number of halogens is 1. The highest BCUT2D eigenvalue weighted by molar-refractivity contribution is 6.49. The van der Waals surface area contributed by atoms with E-state index < -0.39 is 5.82 Å². The zero-order valence-electron chi connectivity index (χ0n) is 13.7. The predicted octanol–water partition coefficient (Wildman–Crippen LogP) is 3.96. The van der Waals surface area contributed by atoms with Crippen LogP contribution in [-0.2, 0) is 9.31 Å². The largest absolute Gasteiger partial charge is 0.461 e. The first-order valence-corrected chi connectivity index (χ1v) is 7.72. The molecule has 0 N–H and O–H groups in total. The van der Waals surface area contributed by atoms with Crippen LogP contribution < -0.4 is 0 Å². The van der Waals surface area contributed by atoms with Crippen molar-refractivity contribution in [1.82, 2.24) is 0 Å². The molecular formula is C17H21BFNO2. The van der Waals surface area contributed by atoms with E-state index in [4.69, 9.17) is 14.6 Å². The summed E-state index contributed by atoms with van der Waals surface area (Å²) in [6, 6.07) is 5.32. The molecule has 0 unspecified atom stereocenters. The van der Waals surface area contributed by atoms with Crippen molar-refractivity contribution in [2.45, 2.75) is 64.0 Å². The van der Waals surface area contributed by atoms with Crippen molar-refractivity contribution < 1.29 is 13.7 Å². The van der Waals surface area contributed by atoms with Crippen LogP contribution in [0, 0.1) is 24.1 Å². The van der Waals surface area contributed by atoms with Crippen molar-refractivity contribution in [3.05, 3.63) is 34.6 Å². The van der Waals surface area contributed by atoms with Crippen LogP contribution in [0.5, 0.6) is 0 Å². The fraction of sp³-hybridized carbons (Fsp3) is 0.588. The Morgan fingerprint density at radius 1 is 1.23 bits per heavy atom. The Morgan fingerprint density at radius 2 is 1.82 bits per heavy atom. The van der Waals surface area contributed by atoms with E-state index in [0.29, 0.717) is 5.56 Å². The average molecular weight is 301 g/mol. The first-order valence-electron chi connectivity index (χ1n) is 7.72. The molecule has 2 aliphatic rings. The minimum absolute atomic E-state index is 0.136. The van der Waals surface area contributed by atoms with E-state index in [2.05, 4.69) is 0 Å². The lowest BCUT2D eigenvalue weighted by atomic mass is 9.79. The van der Waals surface area contributed by atoms with Gasteiger partial charge in [-0.1, -0.05) is 6.07 Å². The second-order valence-corrected chi connectivity index (χ2v) is 7.44. The van der Waals surface area contributed by atoms with Crippen LogP contribution >= 0.6 is 0 Å². The molecule has 2 fully saturated rings. The molecule has 1 aromatic carbocycles. The van der Waals surface area contributed by atoms with Gasteiger partial charge in [0, 0.05) is 5.82 Å². The fourth-order valence-electron chi connectivity index (χ4n) is 3.09. The molecule has 0 radical (unpaired) electrons. The van der Waals surface area contributed by atoms with Crippen LogP contribution in [0.4, 0.5) is 4.39 Å². The summed E-state index contributed by atoms with van der Waals surface area (Å²) in [5.41, 5.74) is 1.09. The van der Waals surface area contributed by atoms with Crippen LogP contribution in [-0.4, -0.2) is 18.3 Å². The summed E-state index contributed by atoms with van der Waals surface area (Å²) in [5.74, 6) is 0.0699. The molecule has 1 heterocycles. The quantitative estimate of drug-likeness (QED) is 0.777. The number of hydrogen-bond acceptors (Lipinski definition) is 3. The molecule has 1 saturated carbocycles. The number of rotatable bonds is 2. The van der Waals surface area contributed by atoms with Crippen molar-refractivity contribution in [2.75, 3.05) is 0 Å². The summed E-state index contributed by atoms with van der Waals surface area (Å²) in [5, 5.41) is 8.95. The first kappa shape index (κ1) is 15.5. The van der Waals surface area contributed by atoms with Gasteiger partial charge in [0.2, 0.25) is 0 Å². The molecule has 22 heavy (non-hydrogen) atoms. The molecule has 3 rings (SSSR count). The van der Waals surface area contributed by atoms with E-state index in [1.165, 1.54) is 6.07 Å². The SMILES string of the molecule is Cc1cc([C@H]2C[C@@H]2B2OC(C)(C)C(C)(C)O2)cc(F)c1C#N. The third-order valence-electron chi connectivity index (χ3n) is 5.31. The van der Waals surface area contributed by atoms with E-state index in [1.807, 2.05) is 39.8 Å². The highest BCUT2D eigenvalue weighted by Gasteiger charge is 2.59. The topological polar surface area (TPSA) is 42.2 Å². The molecule has 116 valence electrons. The Hall–Kier alpha value is -1.38. The fourth-order valence-corrected chi connectivity index (χ4v) is 3.09. The van der Waals surface area contributed by atoms with Crippen molar-refractivity contribution in [1.29, 1.82) is 5.26 Å². The monoisotopic (exact) mass is 301 g/mol. The number of nitriles is 1. The zero-order valence-corrected chi connectivity index (χ0v) is 13.7. The minimum Gasteiger partial charge on any atom is -0.403 e. The molecule has 1 aliphatic carbocycles. The second kappa shape index (κ2) is 4.81. The van der Waals surface area contributed by atoms with Gasteiger partial charge in [0.25, 0.3) is 0 Å². The first-order chi connectivity index (χ1) is 10.2. The van der Waals surface area contributed by atoms with E-state index in [-0.39, 0.29) is 35.6 Å². The molecule has 2 atom stereocenters. The van der Waals surface area contributed by atoms with Gasteiger partial charge >= 0.3 is 7.12 Å². The van der Waals surface area contributed by atoms with E-state index in [0.717, 1.165) is 12.0 Å². The van der Waals surface area contributed by atoms with Crippen LogP contribution in [0.15, 0.2) is 12.1 Å². The van der Waals surface area contributed by atoms with Crippen LogP contribution in [0.2, 0.25) is 5.82 Å². The summed E-state index contributed by atoms with van der Waals surface area (Å²) in [4.78, 5) is 0. The van der Waals surface area contributed by atoms with Gasteiger partial charge in [0.15, 0.2) is 0 Å². The molecule has 1 aromatic rings. The molecule has 1 aliphatic heterocycles. The van der Waals surface area contributed by atoms with Gasteiger partial charge in [-0.05, 0) is 64.2 Å². The van der Waals surface area contributed by atoms with Gasteiger partial charge in [0.1, 0.15) is 11.9 Å². The molecule has 1 saturated heterocycles. The van der Waals surface area contributed by atoms with Crippen molar-refractivity contribution in [3.63, 3.8) is 0 Å². The number of aryl methyl sites for hydroxylation is 1. The Bertz CT molecular complexity index is 626. The summed E-state index contributed by atoms with van der Waals surface area (Å²) < 4.78 is 26.1. The number of hydrogen-bond donors (Lipinski definition) is 0. The lowest BCUT2D eigenvalue weighted by Crippen LogP contribution is -2.41. The number of benzene rings is 1. The molecule has 0 bridgehead atoms. The maximum atomic E-state index is 14.0. The Balaban J connectivity index is 1.78. The van der Waals surface area contributed by atoms with E-state index >= 15 is 0 Å². The van der Waals surface area contributed by atoms with Crippen molar-refractivity contribution >= 4 is 7.12 Å². The number of nitrogens with zero attached hydrogens (tertiary/aromatic N) is 1. The van der Waals surface area contributed by atoms with Crippen LogP contribution in [0.3, 0.4) is 0 Å². The lowest BCUT2D eigenvalue weighted by molar-refractivity contribution is 0.00578. The average Bonchev–Trinajstić information content (AvgIpc) is 3.12. The van der Waals surface area contributed by atoms with Crippen molar-refractivity contribution in [3.8, 4) is 6.07 Å². The lowest BCUT2D eigenvalue weighted by Gasteiger charge is -2.32.